The molecule has 0 bridgehead atoms. The Bertz CT molecular complexity index is 925. The van der Waals surface area contributed by atoms with Gasteiger partial charge in [0.05, 0.1) is 6.04 Å². The minimum absolute atomic E-state index is 0.0903. The molecule has 2 N–H and O–H groups in total. The third kappa shape index (κ3) is 5.49. The summed E-state index contributed by atoms with van der Waals surface area (Å²) in [6.45, 7) is 4.00. The Hall–Kier alpha value is -2.86. The highest BCUT2D eigenvalue weighted by molar-refractivity contribution is 6.35. The van der Waals surface area contributed by atoms with Crippen molar-refractivity contribution in [1.82, 2.24) is 15.5 Å². The van der Waals surface area contributed by atoms with Crippen LogP contribution in [-0.2, 0) is 22.4 Å². The lowest BCUT2D eigenvalue weighted by Gasteiger charge is -2.35. The van der Waals surface area contributed by atoms with Gasteiger partial charge in [0.1, 0.15) is 0 Å². The van der Waals surface area contributed by atoms with Gasteiger partial charge in [-0.2, -0.15) is 0 Å². The van der Waals surface area contributed by atoms with Crippen LogP contribution in [0.4, 0.5) is 5.69 Å². The number of likely N-dealkylation sites (N-methyl/N-ethyl adjacent to an activating group) is 1. The van der Waals surface area contributed by atoms with Crippen LogP contribution in [0.2, 0.25) is 0 Å². The Morgan fingerprint density at radius 1 is 0.938 bits per heavy atom. The third-order valence-corrected chi connectivity index (χ3v) is 6.65. The lowest BCUT2D eigenvalue weighted by molar-refractivity contribution is -0.139. The number of carbonyl (C=O) groups is 2. The standard InChI is InChI=1S/C26H34N4O2/c1-29-17-13-22-18-21(10-11-23(22)29)24(30-15-6-3-7-16-30)19-28-26(32)25(31)27-14-12-20-8-4-2-5-9-20/h2,4-5,8-11,18,24H,3,6-7,12-17,19H2,1H3,(H,27,31)(H,28,32)/t24-/m1/s1. The van der Waals surface area contributed by atoms with Gasteiger partial charge in [0.15, 0.2) is 0 Å². The summed E-state index contributed by atoms with van der Waals surface area (Å²) in [6.07, 6.45) is 5.38. The molecule has 0 aliphatic carbocycles. The Labute approximate surface area is 191 Å². The van der Waals surface area contributed by atoms with Crippen molar-refractivity contribution in [1.29, 1.82) is 0 Å². The van der Waals surface area contributed by atoms with E-state index in [0.29, 0.717) is 19.5 Å². The molecule has 2 amide bonds. The van der Waals surface area contributed by atoms with Crippen molar-refractivity contribution in [2.24, 2.45) is 0 Å². The zero-order valence-electron chi connectivity index (χ0n) is 19.0. The molecule has 2 aliphatic rings. The first-order valence-electron chi connectivity index (χ1n) is 11.8. The maximum Gasteiger partial charge on any atom is 0.309 e. The first-order chi connectivity index (χ1) is 15.6. The average Bonchev–Trinajstić information content (AvgIpc) is 3.20. The van der Waals surface area contributed by atoms with E-state index >= 15 is 0 Å². The van der Waals surface area contributed by atoms with E-state index in [1.165, 1.54) is 36.1 Å². The second kappa shape index (κ2) is 10.6. The fourth-order valence-electron chi connectivity index (χ4n) is 4.80. The number of rotatable bonds is 7. The highest BCUT2D eigenvalue weighted by Gasteiger charge is 2.26. The Kier molecular flexibility index (Phi) is 7.43. The number of amides is 2. The van der Waals surface area contributed by atoms with Crippen molar-refractivity contribution in [3.8, 4) is 0 Å². The van der Waals surface area contributed by atoms with E-state index in [1.807, 2.05) is 30.3 Å². The van der Waals surface area contributed by atoms with Gasteiger partial charge < -0.3 is 15.5 Å². The van der Waals surface area contributed by atoms with Crippen molar-refractivity contribution in [3.63, 3.8) is 0 Å². The molecule has 2 aromatic rings. The van der Waals surface area contributed by atoms with Gasteiger partial charge in [-0.1, -0.05) is 48.9 Å². The van der Waals surface area contributed by atoms with Gasteiger partial charge in [0, 0.05) is 32.4 Å². The number of fused-ring (bicyclic) bond motifs is 1. The molecule has 0 saturated carbocycles. The Balaban J connectivity index is 1.36. The number of benzene rings is 2. The smallest absolute Gasteiger partial charge is 0.309 e. The molecule has 0 unspecified atom stereocenters. The van der Waals surface area contributed by atoms with Crippen LogP contribution >= 0.6 is 0 Å². The van der Waals surface area contributed by atoms with Gasteiger partial charge in [0.2, 0.25) is 0 Å². The number of hydrogen-bond acceptors (Lipinski definition) is 4. The average molecular weight is 435 g/mol. The van der Waals surface area contributed by atoms with Crippen molar-refractivity contribution in [3.05, 3.63) is 65.2 Å². The number of anilines is 1. The van der Waals surface area contributed by atoms with Gasteiger partial charge in [0.25, 0.3) is 0 Å². The Morgan fingerprint density at radius 2 is 1.69 bits per heavy atom. The number of nitrogens with zero attached hydrogens (tertiary/aromatic N) is 2. The highest BCUT2D eigenvalue weighted by atomic mass is 16.2. The van der Waals surface area contributed by atoms with Crippen LogP contribution in [0.15, 0.2) is 48.5 Å². The Morgan fingerprint density at radius 3 is 2.47 bits per heavy atom. The lowest BCUT2D eigenvalue weighted by atomic mass is 9.98. The lowest BCUT2D eigenvalue weighted by Crippen LogP contribution is -2.45. The molecule has 6 nitrogen and oxygen atoms in total. The fraction of sp³-hybridized carbons (Fsp3) is 0.462. The molecule has 4 rings (SSSR count). The van der Waals surface area contributed by atoms with Gasteiger partial charge >= 0.3 is 11.8 Å². The quantitative estimate of drug-likeness (QED) is 0.658. The summed E-state index contributed by atoms with van der Waals surface area (Å²) < 4.78 is 0. The fourth-order valence-corrected chi connectivity index (χ4v) is 4.80. The van der Waals surface area contributed by atoms with E-state index in [0.717, 1.165) is 31.6 Å². The van der Waals surface area contributed by atoms with Crippen molar-refractivity contribution < 1.29 is 9.59 Å². The molecular weight excluding hydrogens is 400 g/mol. The summed E-state index contributed by atoms with van der Waals surface area (Å²) in [5.74, 6) is -1.12. The van der Waals surface area contributed by atoms with E-state index in [1.54, 1.807) is 0 Å². The number of piperidine rings is 1. The predicted octanol–water partition coefficient (Wildman–Crippen LogP) is 2.68. The van der Waals surface area contributed by atoms with Gasteiger partial charge in [-0.25, -0.2) is 0 Å². The molecule has 2 heterocycles. The van der Waals surface area contributed by atoms with Crippen molar-refractivity contribution in [2.75, 3.05) is 44.7 Å². The van der Waals surface area contributed by atoms with Gasteiger partial charge in [-0.05, 0) is 61.5 Å². The van der Waals surface area contributed by atoms with E-state index in [-0.39, 0.29) is 6.04 Å². The van der Waals surface area contributed by atoms with Crippen LogP contribution in [0.5, 0.6) is 0 Å². The molecule has 6 heteroatoms. The SMILES string of the molecule is CN1CCc2cc([C@@H](CNC(=O)C(=O)NCCc3ccccc3)N3CCCCC3)ccc21. The normalized spacial score (nSPS) is 17.0. The van der Waals surface area contributed by atoms with Crippen LogP contribution < -0.4 is 15.5 Å². The minimum atomic E-state index is -0.561. The molecule has 170 valence electrons. The van der Waals surface area contributed by atoms with Crippen LogP contribution in [0.3, 0.4) is 0 Å². The molecule has 0 radical (unpaired) electrons. The molecule has 2 aromatic carbocycles. The third-order valence-electron chi connectivity index (χ3n) is 6.65. The summed E-state index contributed by atoms with van der Waals surface area (Å²) in [5, 5.41) is 5.64. The molecule has 0 aromatic heterocycles. The van der Waals surface area contributed by atoms with E-state index < -0.39 is 11.8 Å². The largest absolute Gasteiger partial charge is 0.374 e. The highest BCUT2D eigenvalue weighted by Crippen LogP contribution is 2.32. The first kappa shape index (κ1) is 22.3. The van der Waals surface area contributed by atoms with E-state index in [2.05, 4.69) is 45.7 Å². The zero-order chi connectivity index (χ0) is 22.3. The topological polar surface area (TPSA) is 64.7 Å². The molecular formula is C26H34N4O2. The van der Waals surface area contributed by atoms with E-state index in [9.17, 15) is 9.59 Å². The monoisotopic (exact) mass is 434 g/mol. The summed E-state index contributed by atoms with van der Waals surface area (Å²) in [5.41, 5.74) is 5.04. The van der Waals surface area contributed by atoms with Crippen molar-refractivity contribution >= 4 is 17.5 Å². The summed E-state index contributed by atoms with van der Waals surface area (Å²) >= 11 is 0. The number of hydrogen-bond donors (Lipinski definition) is 2. The number of nitrogens with one attached hydrogen (secondary N) is 2. The van der Waals surface area contributed by atoms with E-state index in [4.69, 9.17) is 0 Å². The van der Waals surface area contributed by atoms with Crippen molar-refractivity contribution in [2.45, 2.75) is 38.1 Å². The van der Waals surface area contributed by atoms with Crippen LogP contribution in [0.25, 0.3) is 0 Å². The predicted molar refractivity (Wildman–Crippen MR) is 128 cm³/mol. The minimum Gasteiger partial charge on any atom is -0.374 e. The van der Waals surface area contributed by atoms with Crippen LogP contribution in [0, 0.1) is 0 Å². The molecule has 32 heavy (non-hydrogen) atoms. The summed E-state index contributed by atoms with van der Waals surface area (Å²) in [4.78, 5) is 29.5. The molecule has 0 spiro atoms. The summed E-state index contributed by atoms with van der Waals surface area (Å²) in [7, 11) is 2.13. The summed E-state index contributed by atoms with van der Waals surface area (Å²) in [6, 6.07) is 16.7. The van der Waals surface area contributed by atoms with Crippen LogP contribution in [-0.4, -0.2) is 56.5 Å². The molecule has 1 atom stereocenters. The number of carbonyl (C=O) groups excluding carboxylic acids is 2. The van der Waals surface area contributed by atoms with Crippen LogP contribution in [0.1, 0.15) is 42.0 Å². The van der Waals surface area contributed by atoms with Gasteiger partial charge in [-0.3, -0.25) is 14.5 Å². The first-order valence-corrected chi connectivity index (χ1v) is 11.8. The number of likely N-dealkylation sites (tertiary alicyclic amines) is 1. The molecule has 2 aliphatic heterocycles. The maximum atomic E-state index is 12.5. The second-order valence-corrected chi connectivity index (χ2v) is 8.87. The zero-order valence-corrected chi connectivity index (χ0v) is 19.0. The van der Waals surface area contributed by atoms with Gasteiger partial charge in [-0.15, -0.1) is 0 Å². The molecule has 1 saturated heterocycles. The second-order valence-electron chi connectivity index (χ2n) is 8.87. The molecule has 1 fully saturated rings. The maximum absolute atomic E-state index is 12.5.